The molecule has 2 heterocycles. The number of ether oxygens (including phenoxy) is 1. The van der Waals surface area contributed by atoms with Crippen LogP contribution in [0.3, 0.4) is 0 Å². The lowest BCUT2D eigenvalue weighted by molar-refractivity contribution is 0.0923. The van der Waals surface area contributed by atoms with Crippen LogP contribution >= 0.6 is 0 Å². The predicted molar refractivity (Wildman–Crippen MR) is 93.2 cm³/mol. The van der Waals surface area contributed by atoms with Gasteiger partial charge < -0.3 is 10.1 Å². The second-order valence-electron chi connectivity index (χ2n) is 6.78. The summed E-state index contributed by atoms with van der Waals surface area (Å²) in [5.41, 5.74) is 2.21. The van der Waals surface area contributed by atoms with Gasteiger partial charge >= 0.3 is 0 Å². The van der Waals surface area contributed by atoms with Crippen LogP contribution in [-0.2, 0) is 13.0 Å². The van der Waals surface area contributed by atoms with E-state index in [9.17, 15) is 9.18 Å². The highest BCUT2D eigenvalue weighted by atomic mass is 19.1. The fraction of sp³-hybridized carbons (Fsp3) is 0.474. The molecular weight excluding hydrogens is 321 g/mol. The maximum absolute atomic E-state index is 13.6. The summed E-state index contributed by atoms with van der Waals surface area (Å²) in [6.07, 6.45) is 2.97. The molecule has 0 bridgehead atoms. The van der Waals surface area contributed by atoms with Crippen molar-refractivity contribution < 1.29 is 13.9 Å². The van der Waals surface area contributed by atoms with E-state index in [2.05, 4.69) is 24.3 Å². The molecule has 1 atom stereocenters. The zero-order chi connectivity index (χ0) is 18.0. The van der Waals surface area contributed by atoms with Gasteiger partial charge in [-0.15, -0.1) is 0 Å². The summed E-state index contributed by atoms with van der Waals surface area (Å²) in [4.78, 5) is 12.8. The molecule has 1 unspecified atom stereocenters. The van der Waals surface area contributed by atoms with Crippen LogP contribution in [0.15, 0.2) is 24.4 Å². The molecular formula is C19H24FN3O2. The first-order valence-electron chi connectivity index (χ1n) is 8.77. The Kier molecular flexibility index (Phi) is 5.06. The van der Waals surface area contributed by atoms with Gasteiger partial charge in [-0.3, -0.25) is 9.48 Å². The molecule has 1 N–H and O–H groups in total. The van der Waals surface area contributed by atoms with Crippen molar-refractivity contribution in [3.8, 4) is 5.75 Å². The number of hydrogen-bond donors (Lipinski definition) is 1. The first kappa shape index (κ1) is 17.5. The highest BCUT2D eigenvalue weighted by Crippen LogP contribution is 2.32. The maximum Gasteiger partial charge on any atom is 0.255 e. The van der Waals surface area contributed by atoms with E-state index in [-0.39, 0.29) is 17.8 Å². The molecule has 1 aromatic heterocycles. The number of rotatable bonds is 5. The molecule has 0 saturated heterocycles. The summed E-state index contributed by atoms with van der Waals surface area (Å²) in [6.45, 7) is 7.53. The minimum Gasteiger partial charge on any atom is -0.493 e. The van der Waals surface area contributed by atoms with Crippen molar-refractivity contribution in [2.24, 2.45) is 5.92 Å². The summed E-state index contributed by atoms with van der Waals surface area (Å²) in [7, 11) is 0. The molecule has 1 aliphatic rings. The van der Waals surface area contributed by atoms with Crippen LogP contribution in [0.1, 0.15) is 54.8 Å². The topological polar surface area (TPSA) is 56.1 Å². The number of carbonyl (C=O) groups is 1. The summed E-state index contributed by atoms with van der Waals surface area (Å²) in [5, 5.41) is 7.39. The largest absolute Gasteiger partial charge is 0.493 e. The van der Waals surface area contributed by atoms with Gasteiger partial charge in [-0.1, -0.05) is 20.8 Å². The number of nitrogens with zero attached hydrogens (tertiary/aromatic N) is 2. The first-order valence-corrected chi connectivity index (χ1v) is 8.77. The SMILES string of the molecule is CCc1c(C(=O)NC2CCOc3ccc(F)cc32)cnn1CC(C)C. The van der Waals surface area contributed by atoms with Gasteiger partial charge in [-0.05, 0) is 30.5 Å². The number of halogens is 1. The van der Waals surface area contributed by atoms with E-state index in [0.29, 0.717) is 35.8 Å². The summed E-state index contributed by atoms with van der Waals surface area (Å²) >= 11 is 0. The average Bonchev–Trinajstić information content (AvgIpc) is 2.97. The zero-order valence-electron chi connectivity index (χ0n) is 14.9. The number of fused-ring (bicyclic) bond motifs is 1. The van der Waals surface area contributed by atoms with Crippen LogP contribution in [0.2, 0.25) is 0 Å². The highest BCUT2D eigenvalue weighted by molar-refractivity contribution is 5.95. The van der Waals surface area contributed by atoms with Crippen LogP contribution in [0.5, 0.6) is 5.75 Å². The Morgan fingerprint density at radius 1 is 1.48 bits per heavy atom. The third-order valence-electron chi connectivity index (χ3n) is 4.38. The van der Waals surface area contributed by atoms with Crippen LogP contribution < -0.4 is 10.1 Å². The van der Waals surface area contributed by atoms with Gasteiger partial charge in [0, 0.05) is 18.5 Å². The average molecular weight is 345 g/mol. The lowest BCUT2D eigenvalue weighted by atomic mass is 10.00. The monoisotopic (exact) mass is 345 g/mol. The number of benzene rings is 1. The van der Waals surface area contributed by atoms with Crippen molar-refractivity contribution >= 4 is 5.91 Å². The van der Waals surface area contributed by atoms with Crippen molar-refractivity contribution in [1.82, 2.24) is 15.1 Å². The van der Waals surface area contributed by atoms with Crippen LogP contribution in [0.4, 0.5) is 4.39 Å². The molecule has 6 heteroatoms. The fourth-order valence-corrected chi connectivity index (χ4v) is 3.23. The lowest BCUT2D eigenvalue weighted by Crippen LogP contribution is -2.32. The van der Waals surface area contributed by atoms with Gasteiger partial charge in [0.05, 0.1) is 30.1 Å². The third-order valence-corrected chi connectivity index (χ3v) is 4.38. The Morgan fingerprint density at radius 2 is 2.28 bits per heavy atom. The van der Waals surface area contributed by atoms with Crippen molar-refractivity contribution in [3.05, 3.63) is 47.0 Å². The Balaban J connectivity index is 1.82. The van der Waals surface area contributed by atoms with Gasteiger partial charge in [-0.25, -0.2) is 4.39 Å². The smallest absolute Gasteiger partial charge is 0.255 e. The Morgan fingerprint density at radius 3 is 3.00 bits per heavy atom. The van der Waals surface area contributed by atoms with Gasteiger partial charge in [0.25, 0.3) is 5.91 Å². The molecule has 0 aliphatic carbocycles. The molecule has 0 saturated carbocycles. The Labute approximate surface area is 147 Å². The maximum atomic E-state index is 13.6. The van der Waals surface area contributed by atoms with E-state index in [1.807, 2.05) is 11.6 Å². The molecule has 0 radical (unpaired) electrons. The second-order valence-corrected chi connectivity index (χ2v) is 6.78. The van der Waals surface area contributed by atoms with Gasteiger partial charge in [0.15, 0.2) is 0 Å². The molecule has 3 rings (SSSR count). The van der Waals surface area contributed by atoms with Crippen LogP contribution in [0.25, 0.3) is 0 Å². The van der Waals surface area contributed by atoms with Crippen molar-refractivity contribution in [2.45, 2.75) is 46.2 Å². The summed E-state index contributed by atoms with van der Waals surface area (Å²) < 4.78 is 21.0. The van der Waals surface area contributed by atoms with E-state index in [4.69, 9.17) is 4.74 Å². The number of hydrogen-bond acceptors (Lipinski definition) is 3. The third kappa shape index (κ3) is 3.67. The second kappa shape index (κ2) is 7.25. The number of aromatic nitrogens is 2. The quantitative estimate of drug-likeness (QED) is 0.902. The van der Waals surface area contributed by atoms with Gasteiger partial charge in [0.1, 0.15) is 11.6 Å². The van der Waals surface area contributed by atoms with Crippen molar-refractivity contribution in [1.29, 1.82) is 0 Å². The molecule has 1 aliphatic heterocycles. The van der Waals surface area contributed by atoms with Gasteiger partial charge in [-0.2, -0.15) is 5.10 Å². The van der Waals surface area contributed by atoms with Crippen molar-refractivity contribution in [3.63, 3.8) is 0 Å². The molecule has 0 fully saturated rings. The fourth-order valence-electron chi connectivity index (χ4n) is 3.23. The van der Waals surface area contributed by atoms with Crippen molar-refractivity contribution in [2.75, 3.05) is 6.61 Å². The molecule has 134 valence electrons. The molecule has 5 nitrogen and oxygen atoms in total. The normalized spacial score (nSPS) is 16.4. The Hall–Kier alpha value is -2.37. The molecule has 1 amide bonds. The zero-order valence-corrected chi connectivity index (χ0v) is 14.9. The predicted octanol–water partition coefficient (Wildman–Crippen LogP) is 3.49. The minimum absolute atomic E-state index is 0.172. The standard InChI is InChI=1S/C19H24FN3O2/c1-4-17-15(10-21-23(17)11-12(2)3)19(24)22-16-7-8-25-18-6-5-13(20)9-14(16)18/h5-6,9-10,12,16H,4,7-8,11H2,1-3H3,(H,22,24). The van der Waals surface area contributed by atoms with Crippen LogP contribution in [0, 0.1) is 11.7 Å². The molecule has 1 aromatic carbocycles. The highest BCUT2D eigenvalue weighted by Gasteiger charge is 2.26. The molecule has 0 spiro atoms. The lowest BCUT2D eigenvalue weighted by Gasteiger charge is -2.26. The minimum atomic E-state index is -0.331. The summed E-state index contributed by atoms with van der Waals surface area (Å²) in [5.74, 6) is 0.576. The van der Waals surface area contributed by atoms with Gasteiger partial charge in [0.2, 0.25) is 0 Å². The number of amides is 1. The first-order chi connectivity index (χ1) is 12.0. The van der Waals surface area contributed by atoms with Crippen LogP contribution in [-0.4, -0.2) is 22.3 Å². The number of carbonyl (C=O) groups excluding carboxylic acids is 1. The van der Waals surface area contributed by atoms with E-state index < -0.39 is 0 Å². The van der Waals surface area contributed by atoms with E-state index >= 15 is 0 Å². The molecule has 2 aromatic rings. The number of nitrogens with one attached hydrogen (secondary N) is 1. The van der Waals surface area contributed by atoms with E-state index in [0.717, 1.165) is 18.7 Å². The van der Waals surface area contributed by atoms with E-state index in [1.165, 1.54) is 12.1 Å². The summed E-state index contributed by atoms with van der Waals surface area (Å²) in [6, 6.07) is 4.16. The Bertz CT molecular complexity index is 770. The molecule has 25 heavy (non-hydrogen) atoms. The van der Waals surface area contributed by atoms with E-state index in [1.54, 1.807) is 12.3 Å².